The normalized spacial score (nSPS) is 12.9. The Hall–Kier alpha value is -8.20. The van der Waals surface area contributed by atoms with E-state index in [0.717, 1.165) is 50.1 Å². The fraction of sp³-hybridized carbons (Fsp3) is 0.0164. The molecule has 0 atom stereocenters. The van der Waals surface area contributed by atoms with Gasteiger partial charge in [-0.15, -0.1) is 0 Å². The Balaban J connectivity index is 1.08. The van der Waals surface area contributed by atoms with E-state index < -0.39 is 5.41 Å². The number of fused-ring (bicyclic) bond motifs is 13. The minimum Gasteiger partial charge on any atom is -0.455 e. The fourth-order valence-corrected chi connectivity index (χ4v) is 10.8. The van der Waals surface area contributed by atoms with E-state index in [4.69, 9.17) is 4.42 Å². The molecule has 294 valence electrons. The lowest BCUT2D eigenvalue weighted by atomic mass is 9.68. The zero-order chi connectivity index (χ0) is 41.5. The van der Waals surface area contributed by atoms with Gasteiger partial charge in [-0.05, 0) is 121 Å². The van der Waals surface area contributed by atoms with Crippen LogP contribution >= 0.6 is 0 Å². The smallest absolute Gasteiger partial charge is 0.143 e. The topological polar surface area (TPSA) is 16.4 Å². The second kappa shape index (κ2) is 13.9. The van der Waals surface area contributed by atoms with Crippen LogP contribution in [0, 0.1) is 0 Å². The molecule has 0 aliphatic heterocycles. The molecule has 0 bridgehead atoms. The van der Waals surface area contributed by atoms with Crippen LogP contribution in [0.4, 0.5) is 17.1 Å². The molecule has 11 aromatic rings. The fourth-order valence-electron chi connectivity index (χ4n) is 10.8. The summed E-state index contributed by atoms with van der Waals surface area (Å²) in [4.78, 5) is 2.39. The largest absolute Gasteiger partial charge is 0.455 e. The summed E-state index contributed by atoms with van der Waals surface area (Å²) in [5, 5.41) is 2.25. The van der Waals surface area contributed by atoms with Crippen molar-refractivity contribution in [3.05, 3.63) is 259 Å². The van der Waals surface area contributed by atoms with Crippen LogP contribution in [0.15, 0.2) is 241 Å². The number of hydrogen-bond acceptors (Lipinski definition) is 2. The van der Waals surface area contributed by atoms with Crippen molar-refractivity contribution < 1.29 is 4.42 Å². The van der Waals surface area contributed by atoms with E-state index in [2.05, 4.69) is 241 Å². The molecule has 1 heterocycles. The van der Waals surface area contributed by atoms with Crippen LogP contribution in [0.25, 0.3) is 77.6 Å². The van der Waals surface area contributed by atoms with Crippen LogP contribution in [0.3, 0.4) is 0 Å². The van der Waals surface area contributed by atoms with Crippen LogP contribution in [-0.2, 0) is 5.41 Å². The number of nitrogens with zero attached hydrogens (tertiary/aromatic N) is 1. The number of para-hydroxylation sites is 1. The van der Waals surface area contributed by atoms with Gasteiger partial charge in [-0.25, -0.2) is 0 Å². The SMILES string of the molecule is c1ccc(-c2ccc(N(c3ccc(-c4ccccc4)cc3)c3cccc(-c4c5c(cc6c4oc4ccccc46)-c4ccccc4C54c5ccccc5-c5ccccc54)c3)cc2)cc1. The van der Waals surface area contributed by atoms with Gasteiger partial charge >= 0.3 is 0 Å². The van der Waals surface area contributed by atoms with E-state index in [1.165, 1.54) is 66.8 Å². The number of furan rings is 1. The maximum Gasteiger partial charge on any atom is 0.143 e. The Kier molecular flexibility index (Phi) is 7.85. The number of hydrogen-bond donors (Lipinski definition) is 0. The van der Waals surface area contributed by atoms with Gasteiger partial charge < -0.3 is 9.32 Å². The summed E-state index contributed by atoms with van der Waals surface area (Å²) >= 11 is 0. The van der Waals surface area contributed by atoms with Crippen LogP contribution in [0.5, 0.6) is 0 Å². The third-order valence-corrected chi connectivity index (χ3v) is 13.5. The highest BCUT2D eigenvalue weighted by atomic mass is 16.3. The van der Waals surface area contributed by atoms with Crippen molar-refractivity contribution in [1.29, 1.82) is 0 Å². The van der Waals surface area contributed by atoms with E-state index in [1.807, 2.05) is 0 Å². The molecule has 10 aromatic carbocycles. The first-order chi connectivity index (χ1) is 31.3. The standard InChI is InChI=1S/C61H39NO/c1-3-16-40(17-4-1)42-30-34-45(35-31-42)62(46-36-32-43(33-37-46)41-18-5-2-6-19-41)47-21-15-20-44(38-47)58-59-52(39-53-51-25-10-14-29-57(51)63-60(53)58)50-24-9-13-28-56(50)61(59)54-26-11-7-22-48(54)49-23-8-12-27-55(49)61/h1-39H. The maximum atomic E-state index is 7.11. The lowest BCUT2D eigenvalue weighted by Crippen LogP contribution is -2.26. The Labute approximate surface area is 366 Å². The molecular weight excluding hydrogens is 763 g/mol. The molecule has 1 spiro atoms. The maximum absolute atomic E-state index is 7.11. The molecule has 1 aromatic heterocycles. The second-order valence-electron chi connectivity index (χ2n) is 16.7. The first-order valence-corrected chi connectivity index (χ1v) is 21.8. The molecular formula is C61H39NO. The molecule has 0 radical (unpaired) electrons. The number of anilines is 3. The van der Waals surface area contributed by atoms with Crippen molar-refractivity contribution in [2.75, 3.05) is 4.90 Å². The van der Waals surface area contributed by atoms with Gasteiger partial charge in [-0.3, -0.25) is 0 Å². The molecule has 2 aliphatic carbocycles. The number of rotatable bonds is 6. The third-order valence-electron chi connectivity index (χ3n) is 13.5. The third kappa shape index (κ3) is 5.25. The van der Waals surface area contributed by atoms with E-state index in [-0.39, 0.29) is 0 Å². The molecule has 0 fully saturated rings. The molecule has 13 rings (SSSR count). The first kappa shape index (κ1) is 35.5. The molecule has 0 saturated heterocycles. The summed E-state index contributed by atoms with van der Waals surface area (Å²) in [6, 6.07) is 86.3. The highest BCUT2D eigenvalue weighted by molar-refractivity contribution is 6.15. The molecule has 2 aliphatic rings. The zero-order valence-corrected chi connectivity index (χ0v) is 34.4. The van der Waals surface area contributed by atoms with Crippen LogP contribution in [0.1, 0.15) is 22.3 Å². The van der Waals surface area contributed by atoms with Gasteiger partial charge in [0.1, 0.15) is 11.2 Å². The molecule has 0 saturated carbocycles. The molecule has 63 heavy (non-hydrogen) atoms. The predicted molar refractivity (Wildman–Crippen MR) is 261 cm³/mol. The Morgan fingerprint density at radius 3 is 1.35 bits per heavy atom. The minimum absolute atomic E-state index is 0.558. The van der Waals surface area contributed by atoms with Crippen molar-refractivity contribution in [1.82, 2.24) is 0 Å². The van der Waals surface area contributed by atoms with Gasteiger partial charge in [-0.2, -0.15) is 0 Å². The highest BCUT2D eigenvalue weighted by Gasteiger charge is 2.53. The Bertz CT molecular complexity index is 3420. The van der Waals surface area contributed by atoms with Gasteiger partial charge in [0.15, 0.2) is 0 Å². The molecule has 2 nitrogen and oxygen atoms in total. The highest BCUT2D eigenvalue weighted by Crippen LogP contribution is 2.65. The second-order valence-corrected chi connectivity index (χ2v) is 16.7. The average molecular weight is 802 g/mol. The van der Waals surface area contributed by atoms with Crippen LogP contribution in [-0.4, -0.2) is 0 Å². The lowest BCUT2D eigenvalue weighted by molar-refractivity contribution is 0.668. The van der Waals surface area contributed by atoms with Crippen molar-refractivity contribution in [3.63, 3.8) is 0 Å². The van der Waals surface area contributed by atoms with E-state index >= 15 is 0 Å². The average Bonchev–Trinajstić information content (AvgIpc) is 3.98. The zero-order valence-electron chi connectivity index (χ0n) is 34.4. The van der Waals surface area contributed by atoms with Gasteiger partial charge in [0, 0.05) is 33.4 Å². The molecule has 2 heteroatoms. The first-order valence-electron chi connectivity index (χ1n) is 21.8. The summed E-state index contributed by atoms with van der Waals surface area (Å²) in [6.07, 6.45) is 0. The van der Waals surface area contributed by atoms with Gasteiger partial charge in [0.2, 0.25) is 0 Å². The van der Waals surface area contributed by atoms with Crippen molar-refractivity contribution in [2.24, 2.45) is 0 Å². The van der Waals surface area contributed by atoms with Crippen molar-refractivity contribution in [3.8, 4) is 55.6 Å². The molecule has 0 N–H and O–H groups in total. The quantitative estimate of drug-likeness (QED) is 0.167. The summed E-state index contributed by atoms with van der Waals surface area (Å²) in [6.45, 7) is 0. The Morgan fingerprint density at radius 2 is 0.778 bits per heavy atom. The minimum atomic E-state index is -0.558. The van der Waals surface area contributed by atoms with E-state index in [0.29, 0.717) is 0 Å². The summed E-state index contributed by atoms with van der Waals surface area (Å²) < 4.78 is 7.11. The summed E-state index contributed by atoms with van der Waals surface area (Å²) in [5.74, 6) is 0. The van der Waals surface area contributed by atoms with E-state index in [1.54, 1.807) is 0 Å². The van der Waals surface area contributed by atoms with Crippen molar-refractivity contribution >= 4 is 39.0 Å². The molecule has 0 unspecified atom stereocenters. The number of benzene rings is 10. The monoisotopic (exact) mass is 801 g/mol. The summed E-state index contributed by atoms with van der Waals surface area (Å²) in [5.41, 5.74) is 21.7. The molecule has 0 amide bonds. The lowest BCUT2D eigenvalue weighted by Gasteiger charge is -2.32. The van der Waals surface area contributed by atoms with E-state index in [9.17, 15) is 0 Å². The predicted octanol–water partition coefficient (Wildman–Crippen LogP) is 16.4. The van der Waals surface area contributed by atoms with Crippen molar-refractivity contribution in [2.45, 2.75) is 5.41 Å². The van der Waals surface area contributed by atoms with Crippen LogP contribution < -0.4 is 4.90 Å². The van der Waals surface area contributed by atoms with Crippen LogP contribution in [0.2, 0.25) is 0 Å². The van der Waals surface area contributed by atoms with Gasteiger partial charge in [0.05, 0.1) is 5.41 Å². The van der Waals surface area contributed by atoms with Gasteiger partial charge in [0.25, 0.3) is 0 Å². The summed E-state index contributed by atoms with van der Waals surface area (Å²) in [7, 11) is 0. The van der Waals surface area contributed by atoms with Gasteiger partial charge in [-0.1, -0.05) is 188 Å². The Morgan fingerprint density at radius 1 is 0.317 bits per heavy atom.